The first-order chi connectivity index (χ1) is 12.8. The number of aromatic nitrogens is 2. The van der Waals surface area contributed by atoms with Gasteiger partial charge in [-0.25, -0.2) is 0 Å². The van der Waals surface area contributed by atoms with Crippen LogP contribution in [0.5, 0.6) is 0 Å². The second-order valence-corrected chi connectivity index (χ2v) is 7.07. The molecule has 0 radical (unpaired) electrons. The van der Waals surface area contributed by atoms with E-state index in [0.717, 1.165) is 50.1 Å². The maximum absolute atomic E-state index is 5.40. The zero-order chi connectivity index (χ0) is 18.0. The van der Waals surface area contributed by atoms with E-state index in [4.69, 9.17) is 9.41 Å². The number of hydrogen-bond acceptors (Lipinski definition) is 3. The lowest BCUT2D eigenvalue weighted by Gasteiger charge is -2.20. The standard InChI is InChI=1S/C20H31N5O.HI/c1-25-18(10-14-24-25)9-12-21-20(22-13-11-19-8-5-15-26-19)23-16-17-6-3-2-4-7-17;/h5,8,10,14-15,17H,2-4,6-7,9,11-13,16H2,1H3,(H2,21,22,23);1H. The predicted molar refractivity (Wildman–Crippen MR) is 120 cm³/mol. The minimum Gasteiger partial charge on any atom is -0.469 e. The van der Waals surface area contributed by atoms with Gasteiger partial charge in [-0.05, 0) is 37.0 Å². The molecular formula is C20H32IN5O. The zero-order valence-corrected chi connectivity index (χ0v) is 18.5. The van der Waals surface area contributed by atoms with Crippen molar-refractivity contribution in [3.8, 4) is 0 Å². The number of aryl methyl sites for hydroxylation is 1. The number of halogens is 1. The summed E-state index contributed by atoms with van der Waals surface area (Å²) in [6, 6.07) is 6.00. The molecule has 0 aromatic carbocycles. The number of hydrogen-bond donors (Lipinski definition) is 2. The Hall–Kier alpha value is -1.51. The van der Waals surface area contributed by atoms with E-state index < -0.39 is 0 Å². The second kappa shape index (κ2) is 12.0. The topological polar surface area (TPSA) is 67.4 Å². The van der Waals surface area contributed by atoms with Crippen molar-refractivity contribution in [2.75, 3.05) is 19.6 Å². The molecule has 6 nitrogen and oxygen atoms in total. The number of nitrogens with zero attached hydrogens (tertiary/aromatic N) is 3. The van der Waals surface area contributed by atoms with Crippen LogP contribution in [0.2, 0.25) is 0 Å². The van der Waals surface area contributed by atoms with Gasteiger partial charge >= 0.3 is 0 Å². The smallest absolute Gasteiger partial charge is 0.191 e. The first kappa shape index (κ1) is 21.8. The molecule has 1 saturated carbocycles. The van der Waals surface area contributed by atoms with Gasteiger partial charge in [0.1, 0.15) is 5.76 Å². The van der Waals surface area contributed by atoms with E-state index in [-0.39, 0.29) is 24.0 Å². The SMILES string of the molecule is Cn1nccc1CCNC(=NCC1CCCCC1)NCCc1ccco1.I. The third-order valence-corrected chi connectivity index (χ3v) is 5.07. The molecular weight excluding hydrogens is 453 g/mol. The zero-order valence-electron chi connectivity index (χ0n) is 16.2. The van der Waals surface area contributed by atoms with E-state index in [1.807, 2.05) is 30.1 Å². The van der Waals surface area contributed by atoms with Crippen LogP contribution < -0.4 is 10.6 Å². The third-order valence-electron chi connectivity index (χ3n) is 5.07. The number of aliphatic imine (C=N–C) groups is 1. The molecule has 2 aromatic heterocycles. The number of guanidine groups is 1. The Bertz CT molecular complexity index is 662. The summed E-state index contributed by atoms with van der Waals surface area (Å²) in [5.41, 5.74) is 1.22. The van der Waals surface area contributed by atoms with Gasteiger partial charge in [-0.1, -0.05) is 19.3 Å². The van der Waals surface area contributed by atoms with Crippen LogP contribution in [0.15, 0.2) is 40.1 Å². The first-order valence-electron chi connectivity index (χ1n) is 9.82. The average Bonchev–Trinajstić information content (AvgIpc) is 3.32. The third kappa shape index (κ3) is 7.56. The van der Waals surface area contributed by atoms with Crippen LogP contribution >= 0.6 is 24.0 Å². The summed E-state index contributed by atoms with van der Waals surface area (Å²) < 4.78 is 7.33. The molecule has 1 aliphatic rings. The highest BCUT2D eigenvalue weighted by atomic mass is 127. The lowest BCUT2D eigenvalue weighted by Crippen LogP contribution is -2.40. The summed E-state index contributed by atoms with van der Waals surface area (Å²) in [6.07, 6.45) is 12.1. The molecule has 150 valence electrons. The molecule has 0 unspecified atom stereocenters. The molecule has 7 heteroatoms. The molecule has 2 N–H and O–H groups in total. The number of nitrogens with one attached hydrogen (secondary N) is 2. The van der Waals surface area contributed by atoms with E-state index in [9.17, 15) is 0 Å². The molecule has 2 heterocycles. The molecule has 3 rings (SSSR count). The first-order valence-corrected chi connectivity index (χ1v) is 9.82. The number of rotatable bonds is 8. The monoisotopic (exact) mass is 485 g/mol. The molecule has 0 aliphatic heterocycles. The highest BCUT2D eigenvalue weighted by Gasteiger charge is 2.13. The Kier molecular flexibility index (Phi) is 9.72. The molecule has 0 saturated heterocycles. The molecule has 27 heavy (non-hydrogen) atoms. The van der Waals surface area contributed by atoms with Gasteiger partial charge in [0.2, 0.25) is 0 Å². The van der Waals surface area contributed by atoms with Crippen LogP contribution in [0, 0.1) is 5.92 Å². The van der Waals surface area contributed by atoms with Crippen molar-refractivity contribution in [3.05, 3.63) is 42.1 Å². The molecule has 0 amide bonds. The lowest BCUT2D eigenvalue weighted by molar-refractivity contribution is 0.366. The summed E-state index contributed by atoms with van der Waals surface area (Å²) in [4.78, 5) is 4.85. The maximum Gasteiger partial charge on any atom is 0.191 e. The van der Waals surface area contributed by atoms with Crippen LogP contribution in [0.25, 0.3) is 0 Å². The van der Waals surface area contributed by atoms with Crippen LogP contribution in [-0.2, 0) is 19.9 Å². The van der Waals surface area contributed by atoms with E-state index in [2.05, 4.69) is 21.8 Å². The summed E-state index contributed by atoms with van der Waals surface area (Å²) in [5.74, 6) is 2.65. The summed E-state index contributed by atoms with van der Waals surface area (Å²) in [5, 5.41) is 11.1. The quantitative estimate of drug-likeness (QED) is 0.341. The van der Waals surface area contributed by atoms with Crippen molar-refractivity contribution < 1.29 is 4.42 Å². The van der Waals surface area contributed by atoms with Gasteiger partial charge in [-0.15, -0.1) is 24.0 Å². The minimum atomic E-state index is 0. The van der Waals surface area contributed by atoms with Crippen LogP contribution in [0.4, 0.5) is 0 Å². The largest absolute Gasteiger partial charge is 0.469 e. The maximum atomic E-state index is 5.40. The summed E-state index contributed by atoms with van der Waals surface area (Å²) >= 11 is 0. The second-order valence-electron chi connectivity index (χ2n) is 7.07. The Morgan fingerprint density at radius 2 is 1.96 bits per heavy atom. The summed E-state index contributed by atoms with van der Waals surface area (Å²) in [7, 11) is 1.98. The van der Waals surface area contributed by atoms with Crippen molar-refractivity contribution in [3.63, 3.8) is 0 Å². The Labute approximate surface area is 179 Å². The molecule has 0 atom stereocenters. The van der Waals surface area contributed by atoms with E-state index in [0.29, 0.717) is 0 Å². The molecule has 0 spiro atoms. The van der Waals surface area contributed by atoms with Crippen molar-refractivity contribution >= 4 is 29.9 Å². The highest BCUT2D eigenvalue weighted by Crippen LogP contribution is 2.23. The molecule has 0 bridgehead atoms. The van der Waals surface area contributed by atoms with Crippen molar-refractivity contribution in [2.45, 2.75) is 44.9 Å². The number of furan rings is 1. The predicted octanol–water partition coefficient (Wildman–Crippen LogP) is 3.53. The Morgan fingerprint density at radius 3 is 2.63 bits per heavy atom. The van der Waals surface area contributed by atoms with Gasteiger partial charge in [0.05, 0.1) is 6.26 Å². The van der Waals surface area contributed by atoms with Gasteiger partial charge in [0.25, 0.3) is 0 Å². The molecule has 1 fully saturated rings. The van der Waals surface area contributed by atoms with Crippen LogP contribution in [-0.4, -0.2) is 35.4 Å². The fraction of sp³-hybridized carbons (Fsp3) is 0.600. The normalized spacial score (nSPS) is 15.4. The fourth-order valence-corrected chi connectivity index (χ4v) is 3.48. The van der Waals surface area contributed by atoms with E-state index in [1.165, 1.54) is 37.8 Å². The lowest BCUT2D eigenvalue weighted by atomic mass is 9.89. The van der Waals surface area contributed by atoms with E-state index >= 15 is 0 Å². The van der Waals surface area contributed by atoms with Crippen LogP contribution in [0.1, 0.15) is 43.6 Å². The van der Waals surface area contributed by atoms with Gasteiger partial charge in [0, 0.05) is 51.4 Å². The molecule has 1 aliphatic carbocycles. The average molecular weight is 485 g/mol. The summed E-state index contributed by atoms with van der Waals surface area (Å²) in [6.45, 7) is 2.58. The fourth-order valence-electron chi connectivity index (χ4n) is 3.48. The van der Waals surface area contributed by atoms with Gasteiger partial charge in [0.15, 0.2) is 5.96 Å². The molecule has 2 aromatic rings. The Balaban J connectivity index is 0.00000261. The van der Waals surface area contributed by atoms with Crippen LogP contribution in [0.3, 0.4) is 0 Å². The Morgan fingerprint density at radius 1 is 1.19 bits per heavy atom. The van der Waals surface area contributed by atoms with Gasteiger partial charge in [-0.2, -0.15) is 5.10 Å². The minimum absolute atomic E-state index is 0. The highest BCUT2D eigenvalue weighted by molar-refractivity contribution is 14.0. The van der Waals surface area contributed by atoms with Gasteiger partial charge in [-0.3, -0.25) is 9.67 Å². The van der Waals surface area contributed by atoms with Crippen molar-refractivity contribution in [2.24, 2.45) is 18.0 Å². The van der Waals surface area contributed by atoms with Crippen molar-refractivity contribution in [1.82, 2.24) is 20.4 Å². The van der Waals surface area contributed by atoms with E-state index in [1.54, 1.807) is 6.26 Å². The van der Waals surface area contributed by atoms with Gasteiger partial charge < -0.3 is 15.1 Å². The van der Waals surface area contributed by atoms with Crippen molar-refractivity contribution in [1.29, 1.82) is 0 Å².